The standard InChI is InChI=1S/C28H34N6O2/c1-3-26(27-30-31-32-34(27)18-20-10-6-4-7-11-20)33(23-12-8-5-9-13-23)19-22-16-21-14-15-24(36-2)17-25(21)29-28(22)35/h4,6-7,10-11,14-17,23,26H,3,5,8-9,12-13,18-19H2,1-2H3,(H,29,35)/t26-/m0/s1. The number of tetrazole rings is 1. The molecule has 0 spiro atoms. The zero-order valence-corrected chi connectivity index (χ0v) is 21.1. The van der Waals surface area contributed by atoms with Crippen LogP contribution in [0.3, 0.4) is 0 Å². The van der Waals surface area contributed by atoms with Gasteiger partial charge in [0.05, 0.1) is 25.2 Å². The fraction of sp³-hybridized carbons (Fsp3) is 0.429. The Hall–Kier alpha value is -3.52. The number of rotatable bonds is 9. The van der Waals surface area contributed by atoms with Crippen molar-refractivity contribution >= 4 is 10.9 Å². The molecule has 2 aromatic carbocycles. The summed E-state index contributed by atoms with van der Waals surface area (Å²) in [5.74, 6) is 1.58. The molecule has 2 heterocycles. The van der Waals surface area contributed by atoms with Gasteiger partial charge in [-0.05, 0) is 58.8 Å². The third kappa shape index (κ3) is 5.18. The Kier molecular flexibility index (Phi) is 7.41. The maximum absolute atomic E-state index is 13.2. The predicted octanol–water partition coefficient (Wildman–Crippen LogP) is 4.86. The van der Waals surface area contributed by atoms with Crippen molar-refractivity contribution in [1.82, 2.24) is 30.1 Å². The van der Waals surface area contributed by atoms with Crippen LogP contribution in [-0.2, 0) is 13.1 Å². The lowest BCUT2D eigenvalue weighted by atomic mass is 9.92. The second-order valence-electron chi connectivity index (χ2n) is 9.65. The summed E-state index contributed by atoms with van der Waals surface area (Å²) in [5, 5.41) is 13.9. The van der Waals surface area contributed by atoms with E-state index in [-0.39, 0.29) is 11.6 Å². The highest BCUT2D eigenvalue weighted by Gasteiger charge is 2.32. The summed E-state index contributed by atoms with van der Waals surface area (Å²) in [6, 6.07) is 18.5. The van der Waals surface area contributed by atoms with Gasteiger partial charge in [-0.3, -0.25) is 9.69 Å². The van der Waals surface area contributed by atoms with Crippen LogP contribution in [0.15, 0.2) is 59.4 Å². The van der Waals surface area contributed by atoms with Crippen molar-refractivity contribution in [3.63, 3.8) is 0 Å². The molecule has 1 saturated carbocycles. The summed E-state index contributed by atoms with van der Waals surface area (Å²) in [4.78, 5) is 18.7. The van der Waals surface area contributed by atoms with E-state index >= 15 is 0 Å². The summed E-state index contributed by atoms with van der Waals surface area (Å²) < 4.78 is 7.24. The third-order valence-corrected chi connectivity index (χ3v) is 7.35. The van der Waals surface area contributed by atoms with Crippen molar-refractivity contribution in [3.8, 4) is 5.75 Å². The second kappa shape index (κ2) is 11.0. The highest BCUT2D eigenvalue weighted by molar-refractivity contribution is 5.80. The van der Waals surface area contributed by atoms with Gasteiger partial charge in [0.15, 0.2) is 5.82 Å². The van der Waals surface area contributed by atoms with Gasteiger partial charge in [0.2, 0.25) is 0 Å². The van der Waals surface area contributed by atoms with Crippen molar-refractivity contribution in [3.05, 3.63) is 81.9 Å². The zero-order chi connectivity index (χ0) is 24.9. The number of benzene rings is 2. The minimum absolute atomic E-state index is 0.0118. The molecule has 1 N–H and O–H groups in total. The second-order valence-corrected chi connectivity index (χ2v) is 9.65. The first kappa shape index (κ1) is 24.2. The number of hydrogen-bond acceptors (Lipinski definition) is 6. The average molecular weight is 487 g/mol. The van der Waals surface area contributed by atoms with Crippen LogP contribution >= 0.6 is 0 Å². The predicted molar refractivity (Wildman–Crippen MR) is 140 cm³/mol. The highest BCUT2D eigenvalue weighted by Crippen LogP contribution is 2.33. The number of methoxy groups -OCH3 is 1. The van der Waals surface area contributed by atoms with E-state index in [0.717, 1.165) is 52.9 Å². The van der Waals surface area contributed by atoms with Gasteiger partial charge in [0, 0.05) is 24.2 Å². The lowest BCUT2D eigenvalue weighted by Crippen LogP contribution is -2.41. The normalized spacial score (nSPS) is 15.4. The molecule has 5 rings (SSSR count). The molecule has 1 fully saturated rings. The average Bonchev–Trinajstić information content (AvgIpc) is 3.37. The Balaban J connectivity index is 1.50. The van der Waals surface area contributed by atoms with E-state index in [2.05, 4.69) is 44.5 Å². The number of aromatic amines is 1. The molecule has 0 unspecified atom stereocenters. The maximum atomic E-state index is 13.2. The Morgan fingerprint density at radius 1 is 1.11 bits per heavy atom. The monoisotopic (exact) mass is 486 g/mol. The molecule has 0 aliphatic heterocycles. The van der Waals surface area contributed by atoms with Crippen LogP contribution in [0.25, 0.3) is 10.9 Å². The van der Waals surface area contributed by atoms with Gasteiger partial charge in [-0.1, -0.05) is 56.5 Å². The summed E-state index contributed by atoms with van der Waals surface area (Å²) in [6.45, 7) is 3.36. The van der Waals surface area contributed by atoms with Crippen molar-refractivity contribution in [1.29, 1.82) is 0 Å². The van der Waals surface area contributed by atoms with Crippen LogP contribution in [0.2, 0.25) is 0 Å². The van der Waals surface area contributed by atoms with E-state index in [1.165, 1.54) is 19.3 Å². The van der Waals surface area contributed by atoms with E-state index in [0.29, 0.717) is 19.1 Å². The molecule has 4 aromatic rings. The van der Waals surface area contributed by atoms with Crippen molar-refractivity contribution in [2.24, 2.45) is 0 Å². The number of H-pyrrole nitrogens is 1. The lowest BCUT2D eigenvalue weighted by molar-refractivity contribution is 0.0844. The van der Waals surface area contributed by atoms with Crippen LogP contribution in [0, 0.1) is 0 Å². The van der Waals surface area contributed by atoms with Crippen molar-refractivity contribution < 1.29 is 4.74 Å². The van der Waals surface area contributed by atoms with Crippen LogP contribution in [0.5, 0.6) is 5.75 Å². The molecule has 0 saturated heterocycles. The van der Waals surface area contributed by atoms with E-state index in [1.54, 1.807) is 7.11 Å². The van der Waals surface area contributed by atoms with E-state index in [9.17, 15) is 4.79 Å². The molecule has 8 heteroatoms. The molecule has 1 aliphatic rings. The number of aromatic nitrogens is 5. The topological polar surface area (TPSA) is 88.9 Å². The number of fused-ring (bicyclic) bond motifs is 1. The number of hydrogen-bond donors (Lipinski definition) is 1. The van der Waals surface area contributed by atoms with E-state index in [1.807, 2.05) is 47.1 Å². The van der Waals surface area contributed by atoms with Gasteiger partial charge in [-0.25, -0.2) is 4.68 Å². The highest BCUT2D eigenvalue weighted by atomic mass is 16.5. The largest absolute Gasteiger partial charge is 0.497 e. The Morgan fingerprint density at radius 2 is 1.92 bits per heavy atom. The molecule has 188 valence electrons. The molecule has 1 aliphatic carbocycles. The first-order chi connectivity index (χ1) is 17.7. The maximum Gasteiger partial charge on any atom is 0.252 e. The fourth-order valence-corrected chi connectivity index (χ4v) is 5.46. The molecule has 0 amide bonds. The molecule has 36 heavy (non-hydrogen) atoms. The number of nitrogens with one attached hydrogen (secondary N) is 1. The molecular weight excluding hydrogens is 452 g/mol. The number of nitrogens with zero attached hydrogens (tertiary/aromatic N) is 5. The molecule has 0 bridgehead atoms. The van der Waals surface area contributed by atoms with Gasteiger partial charge in [-0.15, -0.1) is 5.10 Å². The van der Waals surface area contributed by atoms with Gasteiger partial charge in [0.1, 0.15) is 5.75 Å². The first-order valence-electron chi connectivity index (χ1n) is 12.9. The molecule has 2 aromatic heterocycles. The van der Waals surface area contributed by atoms with Gasteiger partial charge >= 0.3 is 0 Å². The fourth-order valence-electron chi connectivity index (χ4n) is 5.46. The summed E-state index contributed by atoms with van der Waals surface area (Å²) in [5.41, 5.74) is 2.65. The van der Waals surface area contributed by atoms with Crippen molar-refractivity contribution in [2.75, 3.05) is 7.11 Å². The Labute approximate surface area is 211 Å². The van der Waals surface area contributed by atoms with Crippen LogP contribution < -0.4 is 10.3 Å². The van der Waals surface area contributed by atoms with Gasteiger partial charge < -0.3 is 9.72 Å². The van der Waals surface area contributed by atoms with E-state index in [4.69, 9.17) is 4.74 Å². The van der Waals surface area contributed by atoms with E-state index < -0.39 is 0 Å². The molecule has 0 radical (unpaired) electrons. The smallest absolute Gasteiger partial charge is 0.252 e. The summed E-state index contributed by atoms with van der Waals surface area (Å²) in [6.07, 6.45) is 6.79. The summed E-state index contributed by atoms with van der Waals surface area (Å²) >= 11 is 0. The van der Waals surface area contributed by atoms with Crippen LogP contribution in [0.1, 0.15) is 68.4 Å². The van der Waals surface area contributed by atoms with Crippen molar-refractivity contribution in [2.45, 2.75) is 70.6 Å². The SMILES string of the molecule is CC[C@@H](c1nnnn1Cc1ccccc1)N(Cc1cc2ccc(OC)cc2[nH]c1=O)C1CCCCC1. The van der Waals surface area contributed by atoms with Gasteiger partial charge in [0.25, 0.3) is 5.56 Å². The summed E-state index contributed by atoms with van der Waals surface area (Å²) in [7, 11) is 1.63. The molecule has 8 nitrogen and oxygen atoms in total. The first-order valence-corrected chi connectivity index (χ1v) is 12.9. The minimum Gasteiger partial charge on any atom is -0.497 e. The Morgan fingerprint density at radius 3 is 2.67 bits per heavy atom. The quantitative estimate of drug-likeness (QED) is 0.364. The van der Waals surface area contributed by atoms with Gasteiger partial charge in [-0.2, -0.15) is 0 Å². The molecule has 1 atom stereocenters. The third-order valence-electron chi connectivity index (χ3n) is 7.35. The van der Waals surface area contributed by atoms with Crippen LogP contribution in [-0.4, -0.2) is 43.2 Å². The zero-order valence-electron chi connectivity index (χ0n) is 21.1. The number of ether oxygens (including phenoxy) is 1. The lowest BCUT2D eigenvalue weighted by Gasteiger charge is -2.39. The Bertz CT molecular complexity index is 1340. The number of pyridine rings is 1. The minimum atomic E-state index is -0.0599. The van der Waals surface area contributed by atoms with Crippen LogP contribution in [0.4, 0.5) is 0 Å². The molecular formula is C28H34N6O2.